The van der Waals surface area contributed by atoms with Crippen LogP contribution in [0.3, 0.4) is 0 Å². The van der Waals surface area contributed by atoms with Crippen molar-refractivity contribution in [1.29, 1.82) is 0 Å². The molecular weight excluding hydrogens is 540 g/mol. The number of hydrogen-bond acceptors (Lipinski definition) is 4. The summed E-state index contributed by atoms with van der Waals surface area (Å²) in [6.45, 7) is 0.491. The van der Waals surface area contributed by atoms with Crippen molar-refractivity contribution in [1.82, 2.24) is 9.55 Å². The Morgan fingerprint density at radius 2 is 1.61 bits per heavy atom. The summed E-state index contributed by atoms with van der Waals surface area (Å²) in [7, 11) is 0. The normalized spacial score (nSPS) is 12.2. The number of carboxylic acid groups (broad SMARTS) is 1. The molecule has 9 heteroatoms. The number of halogens is 1. The van der Waals surface area contributed by atoms with Crippen molar-refractivity contribution >= 4 is 40.8 Å². The van der Waals surface area contributed by atoms with Crippen LogP contribution < -0.4 is 10.2 Å². The standard InChI is InChI=1S/C32H23ClN4O4/c33-26-17-21(35-30(38)24-9-3-2-8-23(24)27-10-5-6-16-34-27)12-14-25(26)31(39)37-19-22-13-15-29(32(40)41)36(22)18-20-7-1-4-11-28(20)37/h1-17H,18-19H2,(H,35,38)(H,40,41). The second-order valence-corrected chi connectivity index (χ2v) is 9.94. The van der Waals surface area contributed by atoms with Gasteiger partial charge in [-0.15, -0.1) is 0 Å². The Bertz CT molecular complexity index is 1820. The molecule has 5 aromatic rings. The van der Waals surface area contributed by atoms with E-state index in [-0.39, 0.29) is 34.6 Å². The highest BCUT2D eigenvalue weighted by Crippen LogP contribution is 2.32. The Labute approximate surface area is 240 Å². The predicted octanol–water partition coefficient (Wildman–Crippen LogP) is 6.36. The van der Waals surface area contributed by atoms with Crippen LogP contribution in [0.2, 0.25) is 5.02 Å². The van der Waals surface area contributed by atoms with Gasteiger partial charge in [0.25, 0.3) is 11.8 Å². The molecule has 0 aliphatic carbocycles. The van der Waals surface area contributed by atoms with Crippen LogP contribution in [0.1, 0.15) is 42.5 Å². The maximum atomic E-state index is 13.9. The Hall–Kier alpha value is -5.21. The van der Waals surface area contributed by atoms with Gasteiger partial charge in [0.2, 0.25) is 0 Å². The minimum atomic E-state index is -1.03. The maximum Gasteiger partial charge on any atom is 0.352 e. The van der Waals surface area contributed by atoms with Crippen molar-refractivity contribution in [2.45, 2.75) is 13.1 Å². The largest absolute Gasteiger partial charge is 0.477 e. The molecule has 41 heavy (non-hydrogen) atoms. The number of carbonyl (C=O) groups is 3. The lowest BCUT2D eigenvalue weighted by Crippen LogP contribution is -2.31. The van der Waals surface area contributed by atoms with Crippen molar-refractivity contribution in [2.75, 3.05) is 10.2 Å². The molecule has 0 spiro atoms. The molecule has 6 rings (SSSR count). The molecule has 2 N–H and O–H groups in total. The van der Waals surface area contributed by atoms with Gasteiger partial charge in [-0.05, 0) is 60.2 Å². The van der Waals surface area contributed by atoms with Gasteiger partial charge in [0.15, 0.2) is 0 Å². The van der Waals surface area contributed by atoms with E-state index in [1.165, 1.54) is 0 Å². The number of carboxylic acids is 1. The molecule has 8 nitrogen and oxygen atoms in total. The highest BCUT2D eigenvalue weighted by atomic mass is 35.5. The molecule has 0 fully saturated rings. The number of aromatic carboxylic acids is 1. The van der Waals surface area contributed by atoms with Crippen LogP contribution >= 0.6 is 11.6 Å². The Morgan fingerprint density at radius 3 is 2.39 bits per heavy atom. The van der Waals surface area contributed by atoms with E-state index in [0.717, 1.165) is 5.56 Å². The van der Waals surface area contributed by atoms with Gasteiger partial charge in [-0.25, -0.2) is 4.79 Å². The molecule has 0 radical (unpaired) electrons. The third kappa shape index (κ3) is 4.97. The SMILES string of the molecule is O=C(Nc1ccc(C(=O)N2Cc3ccc(C(=O)O)n3Cc3ccccc32)c(Cl)c1)c1ccccc1-c1ccccn1. The molecule has 0 unspecified atom stereocenters. The van der Waals surface area contributed by atoms with Crippen LogP contribution in [-0.4, -0.2) is 32.4 Å². The van der Waals surface area contributed by atoms with Crippen molar-refractivity contribution in [3.63, 3.8) is 0 Å². The first kappa shape index (κ1) is 26.0. The summed E-state index contributed by atoms with van der Waals surface area (Å²) in [5, 5.41) is 12.7. The fourth-order valence-electron chi connectivity index (χ4n) is 5.06. The summed E-state index contributed by atoms with van der Waals surface area (Å²) < 4.78 is 1.71. The van der Waals surface area contributed by atoms with E-state index >= 15 is 0 Å². The third-order valence-electron chi connectivity index (χ3n) is 7.04. The number of amides is 2. The first-order chi connectivity index (χ1) is 19.9. The topological polar surface area (TPSA) is 105 Å². The first-order valence-electron chi connectivity index (χ1n) is 12.8. The van der Waals surface area contributed by atoms with Gasteiger partial charge in [0.05, 0.1) is 29.4 Å². The average Bonchev–Trinajstić information content (AvgIpc) is 3.31. The van der Waals surface area contributed by atoms with Crippen molar-refractivity contribution in [3.8, 4) is 11.3 Å². The molecule has 0 saturated carbocycles. The number of carbonyl (C=O) groups excluding carboxylic acids is 2. The number of para-hydroxylation sites is 1. The van der Waals surface area contributed by atoms with E-state index in [2.05, 4.69) is 10.3 Å². The molecule has 0 bridgehead atoms. The lowest BCUT2D eigenvalue weighted by atomic mass is 10.0. The smallest absolute Gasteiger partial charge is 0.352 e. The van der Waals surface area contributed by atoms with Gasteiger partial charge < -0.3 is 19.9 Å². The van der Waals surface area contributed by atoms with E-state index in [9.17, 15) is 19.5 Å². The van der Waals surface area contributed by atoms with Crippen LogP contribution in [0.5, 0.6) is 0 Å². The van der Waals surface area contributed by atoms with E-state index in [1.54, 1.807) is 58.1 Å². The van der Waals surface area contributed by atoms with Crippen LogP contribution in [-0.2, 0) is 13.1 Å². The highest BCUT2D eigenvalue weighted by molar-refractivity contribution is 6.35. The number of aromatic nitrogens is 2. The first-order valence-corrected chi connectivity index (χ1v) is 13.2. The number of nitrogens with zero attached hydrogens (tertiary/aromatic N) is 3. The minimum absolute atomic E-state index is 0.159. The molecule has 3 aromatic carbocycles. The number of anilines is 2. The van der Waals surface area contributed by atoms with E-state index in [0.29, 0.717) is 40.4 Å². The van der Waals surface area contributed by atoms with Crippen molar-refractivity contribution < 1.29 is 19.5 Å². The molecule has 1 aliphatic rings. The Morgan fingerprint density at radius 1 is 0.829 bits per heavy atom. The summed E-state index contributed by atoms with van der Waals surface area (Å²) in [5.74, 6) is -1.71. The maximum absolute atomic E-state index is 13.9. The van der Waals surface area contributed by atoms with Crippen molar-refractivity contribution in [3.05, 3.63) is 136 Å². The van der Waals surface area contributed by atoms with Gasteiger partial charge in [-0.3, -0.25) is 14.6 Å². The fourth-order valence-corrected chi connectivity index (χ4v) is 5.33. The number of rotatable bonds is 5. The summed E-state index contributed by atoms with van der Waals surface area (Å²) in [5.41, 5.74) is 4.85. The van der Waals surface area contributed by atoms with E-state index in [4.69, 9.17) is 11.6 Å². The van der Waals surface area contributed by atoms with E-state index < -0.39 is 5.97 Å². The fraction of sp³-hybridized carbons (Fsp3) is 0.0625. The molecule has 0 saturated heterocycles. The lowest BCUT2D eigenvalue weighted by Gasteiger charge is -2.23. The molecule has 1 aliphatic heterocycles. The van der Waals surface area contributed by atoms with Gasteiger partial charge in [-0.2, -0.15) is 0 Å². The second kappa shape index (κ2) is 10.7. The number of benzene rings is 3. The molecular formula is C32H23ClN4O4. The number of pyridine rings is 1. The summed E-state index contributed by atoms with van der Waals surface area (Å²) in [6, 6.07) is 28.1. The zero-order valence-electron chi connectivity index (χ0n) is 21.6. The highest BCUT2D eigenvalue weighted by Gasteiger charge is 2.28. The quantitative estimate of drug-likeness (QED) is 0.259. The Kier molecular flexibility index (Phi) is 6.83. The van der Waals surface area contributed by atoms with Gasteiger partial charge in [0, 0.05) is 34.4 Å². The summed E-state index contributed by atoms with van der Waals surface area (Å²) >= 11 is 6.62. The number of nitrogens with one attached hydrogen (secondary N) is 1. The molecule has 202 valence electrons. The third-order valence-corrected chi connectivity index (χ3v) is 7.35. The van der Waals surface area contributed by atoms with Crippen LogP contribution in [0.25, 0.3) is 11.3 Å². The van der Waals surface area contributed by atoms with E-state index in [1.807, 2.05) is 54.6 Å². The molecule has 3 heterocycles. The monoisotopic (exact) mass is 562 g/mol. The van der Waals surface area contributed by atoms with Crippen LogP contribution in [0, 0.1) is 0 Å². The molecule has 2 amide bonds. The zero-order valence-corrected chi connectivity index (χ0v) is 22.4. The van der Waals surface area contributed by atoms with Crippen LogP contribution in [0.15, 0.2) is 103 Å². The average molecular weight is 563 g/mol. The summed E-state index contributed by atoms with van der Waals surface area (Å²) in [4.78, 5) is 44.8. The number of fused-ring (bicyclic) bond motifs is 2. The van der Waals surface area contributed by atoms with Crippen LogP contribution in [0.4, 0.5) is 11.4 Å². The van der Waals surface area contributed by atoms with Crippen molar-refractivity contribution in [2.24, 2.45) is 0 Å². The van der Waals surface area contributed by atoms with Gasteiger partial charge >= 0.3 is 5.97 Å². The molecule has 2 aromatic heterocycles. The summed E-state index contributed by atoms with van der Waals surface area (Å²) in [6.07, 6.45) is 1.67. The zero-order chi connectivity index (χ0) is 28.5. The number of hydrogen-bond donors (Lipinski definition) is 2. The molecule has 0 atom stereocenters. The van der Waals surface area contributed by atoms with Gasteiger partial charge in [-0.1, -0.05) is 54.1 Å². The predicted molar refractivity (Wildman–Crippen MR) is 157 cm³/mol. The lowest BCUT2D eigenvalue weighted by molar-refractivity contribution is 0.0685. The van der Waals surface area contributed by atoms with Gasteiger partial charge in [0.1, 0.15) is 5.69 Å². The Balaban J connectivity index is 1.28. The minimum Gasteiger partial charge on any atom is -0.477 e. The second-order valence-electron chi connectivity index (χ2n) is 9.53.